The molecule has 0 rings (SSSR count). The molecule has 2 unspecified atom stereocenters. The molecule has 0 heterocycles. The average Bonchev–Trinajstić information content (AvgIpc) is 3.46. The number of esters is 2. The highest BCUT2D eigenvalue weighted by Gasteiger charge is 2.22. The second-order valence-corrected chi connectivity index (χ2v) is 22.6. The number of likely N-dealkylation sites (N-methyl/N-ethyl adjacent to an activating group) is 1. The largest absolute Gasteiger partial charge is 0.545 e. The van der Waals surface area contributed by atoms with Gasteiger partial charge in [0, 0.05) is 12.8 Å². The zero-order chi connectivity index (χ0) is 60.5. The highest BCUT2D eigenvalue weighted by atomic mass is 16.7. The van der Waals surface area contributed by atoms with Gasteiger partial charge in [-0.3, -0.25) is 9.59 Å². The Balaban J connectivity index is 4.16. The standard InChI is InChI=1S/C74H121NO8/c1-6-8-10-12-14-16-18-20-22-24-26-28-29-30-31-32-33-34-35-36-37-38-39-40-41-42-43-45-47-49-51-53-55-57-59-61-63-65-72(77)83-70(69-82-74(73(78)79)80-67-66-75(3,4)5)68-81-71(76)64-62-60-58-56-54-52-50-48-46-44-27-25-23-21-19-17-15-13-11-9-7-2/h8-11,14-17,20-23,26-28,30-31,33-34,36-37,44,48,50,70,74H,6-7,12-13,18-19,24-25,29,32,35,38-43,45-47,49,51-69H2,1-5H3/b10-8-,11-9-,16-14-,17-15-,22-20-,23-21-,28-26-,31-30-,34-33-,37-36-,44-27-,50-48-. The summed E-state index contributed by atoms with van der Waals surface area (Å²) >= 11 is 0. The Labute approximate surface area is 509 Å². The SMILES string of the molecule is CC/C=C\C/C=C\C/C=C\C/C=C\C/C=C\C/C=C\C/C=C\CCCCCCCCCCCCCCCCCC(=O)OC(COC(=O)CCCCCCC/C=C\C/C=C\C/C=C\C/C=C\C/C=C\CC)COC(OCC[N+](C)(C)C)C(=O)[O-]. The lowest BCUT2D eigenvalue weighted by atomic mass is 10.0. The van der Waals surface area contributed by atoms with Crippen molar-refractivity contribution < 1.29 is 42.9 Å². The van der Waals surface area contributed by atoms with Crippen LogP contribution in [0.3, 0.4) is 0 Å². The Kier molecular flexibility index (Phi) is 59.5. The molecule has 0 aromatic heterocycles. The molecule has 0 spiro atoms. The Morgan fingerprint density at radius 3 is 0.964 bits per heavy atom. The fraction of sp³-hybridized carbons (Fsp3) is 0.635. The highest BCUT2D eigenvalue weighted by molar-refractivity contribution is 5.70. The molecule has 0 saturated carbocycles. The third kappa shape index (κ3) is 64.6. The molecule has 0 aliphatic heterocycles. The molecule has 0 aromatic rings. The molecule has 0 bridgehead atoms. The van der Waals surface area contributed by atoms with Gasteiger partial charge in [0.25, 0.3) is 0 Å². The summed E-state index contributed by atoms with van der Waals surface area (Å²) in [5.41, 5.74) is 0. The van der Waals surface area contributed by atoms with E-state index >= 15 is 0 Å². The van der Waals surface area contributed by atoms with Crippen molar-refractivity contribution in [3.05, 3.63) is 146 Å². The van der Waals surface area contributed by atoms with Crippen LogP contribution in [0.2, 0.25) is 0 Å². The molecule has 0 N–H and O–H groups in total. The number of hydrogen-bond acceptors (Lipinski definition) is 8. The fourth-order valence-corrected chi connectivity index (χ4v) is 8.60. The maximum atomic E-state index is 12.9. The van der Waals surface area contributed by atoms with E-state index in [-0.39, 0.29) is 38.6 Å². The van der Waals surface area contributed by atoms with E-state index in [4.69, 9.17) is 18.9 Å². The van der Waals surface area contributed by atoms with E-state index in [1.54, 1.807) is 0 Å². The van der Waals surface area contributed by atoms with Gasteiger partial charge in [-0.15, -0.1) is 0 Å². The molecular weight excluding hydrogens is 1030 g/mol. The van der Waals surface area contributed by atoms with Crippen LogP contribution in [0.15, 0.2) is 146 Å². The molecule has 9 heteroatoms. The van der Waals surface area contributed by atoms with Gasteiger partial charge >= 0.3 is 11.9 Å². The average molecular weight is 1150 g/mol. The number of quaternary nitrogens is 1. The maximum Gasteiger partial charge on any atom is 0.306 e. The summed E-state index contributed by atoms with van der Waals surface area (Å²) in [4.78, 5) is 37.4. The van der Waals surface area contributed by atoms with Crippen molar-refractivity contribution in [2.45, 2.75) is 257 Å². The molecule has 0 radical (unpaired) electrons. The Hall–Kier alpha value is -4.83. The molecule has 0 saturated heterocycles. The zero-order valence-electron chi connectivity index (χ0n) is 53.5. The fourth-order valence-electron chi connectivity index (χ4n) is 8.60. The molecule has 0 amide bonds. The summed E-state index contributed by atoms with van der Waals surface area (Å²) < 4.78 is 22.7. The molecule has 0 aromatic carbocycles. The molecule has 0 aliphatic carbocycles. The number of hydrogen-bond donors (Lipinski definition) is 0. The van der Waals surface area contributed by atoms with E-state index in [0.29, 0.717) is 23.9 Å². The minimum Gasteiger partial charge on any atom is -0.545 e. The van der Waals surface area contributed by atoms with Gasteiger partial charge in [0.15, 0.2) is 12.4 Å². The van der Waals surface area contributed by atoms with Crippen molar-refractivity contribution in [1.29, 1.82) is 0 Å². The number of nitrogens with zero attached hydrogens (tertiary/aromatic N) is 1. The van der Waals surface area contributed by atoms with Gasteiger partial charge in [0.1, 0.15) is 13.2 Å². The predicted molar refractivity (Wildman–Crippen MR) is 352 cm³/mol. The Bertz CT molecular complexity index is 1870. The number of rotatable bonds is 59. The summed E-state index contributed by atoms with van der Waals surface area (Å²) in [6.45, 7) is 4.49. The quantitative estimate of drug-likeness (QED) is 0.0195. The lowest BCUT2D eigenvalue weighted by molar-refractivity contribution is -0.870. The van der Waals surface area contributed by atoms with Gasteiger partial charge in [-0.1, -0.05) is 262 Å². The number of carboxylic acid groups (broad SMARTS) is 1. The van der Waals surface area contributed by atoms with E-state index in [0.717, 1.165) is 128 Å². The number of allylic oxidation sites excluding steroid dienone is 24. The van der Waals surface area contributed by atoms with Gasteiger partial charge in [0.2, 0.25) is 0 Å². The summed E-state index contributed by atoms with van der Waals surface area (Å²) in [6.07, 6.45) is 89.1. The smallest absolute Gasteiger partial charge is 0.306 e. The molecule has 2 atom stereocenters. The van der Waals surface area contributed by atoms with E-state index in [1.807, 2.05) is 21.1 Å². The second-order valence-electron chi connectivity index (χ2n) is 22.6. The van der Waals surface area contributed by atoms with Crippen molar-refractivity contribution in [2.75, 3.05) is 47.5 Å². The molecule has 0 aliphatic rings. The van der Waals surface area contributed by atoms with Crippen LogP contribution in [-0.2, 0) is 33.3 Å². The highest BCUT2D eigenvalue weighted by Crippen LogP contribution is 2.16. The summed E-state index contributed by atoms with van der Waals surface area (Å²) in [5, 5.41) is 11.8. The van der Waals surface area contributed by atoms with Gasteiger partial charge in [0.05, 0.1) is 40.3 Å². The number of ether oxygens (including phenoxy) is 4. The number of carbonyl (C=O) groups excluding carboxylic acids is 3. The first kappa shape index (κ1) is 78.2. The van der Waals surface area contributed by atoms with E-state index in [9.17, 15) is 19.5 Å². The van der Waals surface area contributed by atoms with Crippen molar-refractivity contribution in [1.82, 2.24) is 0 Å². The first-order valence-electron chi connectivity index (χ1n) is 33.0. The predicted octanol–water partition coefficient (Wildman–Crippen LogP) is 19.0. The summed E-state index contributed by atoms with van der Waals surface area (Å²) in [6, 6.07) is 0. The normalized spacial score (nSPS) is 13.7. The van der Waals surface area contributed by atoms with Crippen LogP contribution in [0.25, 0.3) is 0 Å². The number of carbonyl (C=O) groups is 3. The van der Waals surface area contributed by atoms with E-state index < -0.39 is 24.3 Å². The zero-order valence-corrected chi connectivity index (χ0v) is 53.5. The minimum absolute atomic E-state index is 0.138. The van der Waals surface area contributed by atoms with Crippen molar-refractivity contribution >= 4 is 17.9 Å². The van der Waals surface area contributed by atoms with Gasteiger partial charge in [-0.05, 0) is 116 Å². The van der Waals surface area contributed by atoms with Crippen LogP contribution in [0.1, 0.15) is 245 Å². The molecule has 83 heavy (non-hydrogen) atoms. The number of unbranched alkanes of at least 4 members (excludes halogenated alkanes) is 20. The first-order chi connectivity index (χ1) is 40.6. The van der Waals surface area contributed by atoms with Gasteiger partial charge < -0.3 is 33.3 Å². The lowest BCUT2D eigenvalue weighted by Crippen LogP contribution is -2.44. The van der Waals surface area contributed by atoms with Crippen LogP contribution in [0, 0.1) is 0 Å². The monoisotopic (exact) mass is 1150 g/mol. The van der Waals surface area contributed by atoms with E-state index in [1.165, 1.54) is 77.0 Å². The van der Waals surface area contributed by atoms with Crippen molar-refractivity contribution in [3.63, 3.8) is 0 Å². The van der Waals surface area contributed by atoms with Crippen LogP contribution in [-0.4, -0.2) is 82.3 Å². The second kappa shape index (κ2) is 63.2. The lowest BCUT2D eigenvalue weighted by Gasteiger charge is -2.26. The molecular formula is C74H121NO8. The van der Waals surface area contributed by atoms with Crippen molar-refractivity contribution in [3.8, 4) is 0 Å². The first-order valence-corrected chi connectivity index (χ1v) is 33.0. The van der Waals surface area contributed by atoms with Crippen molar-refractivity contribution in [2.24, 2.45) is 0 Å². The topological polar surface area (TPSA) is 111 Å². The molecule has 0 fully saturated rings. The van der Waals surface area contributed by atoms with Crippen LogP contribution < -0.4 is 5.11 Å². The number of carboxylic acids is 1. The van der Waals surface area contributed by atoms with Crippen LogP contribution in [0.4, 0.5) is 0 Å². The summed E-state index contributed by atoms with van der Waals surface area (Å²) in [7, 11) is 5.91. The molecule has 9 nitrogen and oxygen atoms in total. The summed E-state index contributed by atoms with van der Waals surface area (Å²) in [5.74, 6) is -2.32. The third-order valence-corrected chi connectivity index (χ3v) is 13.6. The minimum atomic E-state index is -1.63. The van der Waals surface area contributed by atoms with Crippen LogP contribution >= 0.6 is 0 Å². The molecule has 470 valence electrons. The maximum absolute atomic E-state index is 12.9. The van der Waals surface area contributed by atoms with Gasteiger partial charge in [-0.2, -0.15) is 0 Å². The third-order valence-electron chi connectivity index (χ3n) is 13.6. The van der Waals surface area contributed by atoms with E-state index in [2.05, 4.69) is 160 Å². The van der Waals surface area contributed by atoms with Crippen LogP contribution in [0.5, 0.6) is 0 Å². The number of aliphatic carboxylic acids is 1. The van der Waals surface area contributed by atoms with Gasteiger partial charge in [-0.25, -0.2) is 0 Å². The Morgan fingerprint density at radius 1 is 0.361 bits per heavy atom. The Morgan fingerprint density at radius 2 is 0.651 bits per heavy atom.